The van der Waals surface area contributed by atoms with Crippen molar-refractivity contribution in [3.8, 4) is 22.6 Å². The SMILES string of the molecule is Cn1cc(-c2cc(=O)[nH]c(-c3cncc(Br)c3)n2)cn1. The monoisotopic (exact) mass is 331 g/mol. The summed E-state index contributed by atoms with van der Waals surface area (Å²) in [5, 5.41) is 4.08. The summed E-state index contributed by atoms with van der Waals surface area (Å²) in [5.41, 5.74) is 1.90. The Bertz CT molecular complexity index is 823. The normalized spacial score (nSPS) is 10.7. The molecule has 0 bridgehead atoms. The molecule has 0 aliphatic carbocycles. The van der Waals surface area contributed by atoms with E-state index in [1.165, 1.54) is 6.07 Å². The highest BCUT2D eigenvalue weighted by molar-refractivity contribution is 9.10. The van der Waals surface area contributed by atoms with Crippen LogP contribution in [0.3, 0.4) is 0 Å². The van der Waals surface area contributed by atoms with Crippen molar-refractivity contribution >= 4 is 15.9 Å². The van der Waals surface area contributed by atoms with Crippen LogP contribution in [0.2, 0.25) is 0 Å². The van der Waals surface area contributed by atoms with Gasteiger partial charge in [0.25, 0.3) is 5.56 Å². The van der Waals surface area contributed by atoms with Crippen molar-refractivity contribution in [1.82, 2.24) is 24.7 Å². The van der Waals surface area contributed by atoms with E-state index in [-0.39, 0.29) is 5.56 Å². The molecular formula is C13H10BrN5O. The van der Waals surface area contributed by atoms with Crippen molar-refractivity contribution in [3.63, 3.8) is 0 Å². The average molecular weight is 332 g/mol. The van der Waals surface area contributed by atoms with Crippen molar-refractivity contribution in [2.24, 2.45) is 7.05 Å². The van der Waals surface area contributed by atoms with E-state index in [0.29, 0.717) is 11.5 Å². The van der Waals surface area contributed by atoms with Crippen LogP contribution in [0.5, 0.6) is 0 Å². The minimum absolute atomic E-state index is 0.214. The number of hydrogen-bond acceptors (Lipinski definition) is 4. The van der Waals surface area contributed by atoms with E-state index in [1.54, 1.807) is 23.3 Å². The molecule has 0 unspecified atom stereocenters. The highest BCUT2D eigenvalue weighted by Gasteiger charge is 2.08. The molecule has 6 nitrogen and oxygen atoms in total. The van der Waals surface area contributed by atoms with Crippen LogP contribution in [0.15, 0.2) is 46.2 Å². The van der Waals surface area contributed by atoms with E-state index in [2.05, 4.69) is 36.0 Å². The molecule has 0 radical (unpaired) electrons. The first-order valence-corrected chi connectivity index (χ1v) is 6.62. The molecule has 1 N–H and O–H groups in total. The Labute approximate surface area is 122 Å². The molecule has 3 aromatic rings. The van der Waals surface area contributed by atoms with Crippen LogP contribution in [-0.4, -0.2) is 24.7 Å². The quantitative estimate of drug-likeness (QED) is 0.779. The van der Waals surface area contributed by atoms with Crippen LogP contribution in [0, 0.1) is 0 Å². The minimum atomic E-state index is -0.214. The molecule has 0 aliphatic heterocycles. The maximum atomic E-state index is 11.8. The number of aromatic nitrogens is 5. The molecule has 20 heavy (non-hydrogen) atoms. The fourth-order valence-corrected chi connectivity index (χ4v) is 2.20. The Hall–Kier alpha value is -2.28. The number of aryl methyl sites for hydroxylation is 1. The van der Waals surface area contributed by atoms with Crippen molar-refractivity contribution in [2.45, 2.75) is 0 Å². The lowest BCUT2D eigenvalue weighted by atomic mass is 10.2. The standard InChI is InChI=1S/C13H10BrN5O/c1-19-7-9(5-16-19)11-3-12(20)18-13(17-11)8-2-10(14)6-15-4-8/h2-7H,1H3,(H,17,18,20). The fraction of sp³-hybridized carbons (Fsp3) is 0.0769. The minimum Gasteiger partial charge on any atom is -0.306 e. The molecule has 0 saturated heterocycles. The Balaban J connectivity index is 2.14. The topological polar surface area (TPSA) is 76.5 Å². The number of hydrogen-bond donors (Lipinski definition) is 1. The molecular weight excluding hydrogens is 322 g/mol. The largest absolute Gasteiger partial charge is 0.306 e. The summed E-state index contributed by atoms with van der Waals surface area (Å²) in [4.78, 5) is 23.0. The first-order chi connectivity index (χ1) is 9.61. The van der Waals surface area contributed by atoms with Crippen molar-refractivity contribution in [2.75, 3.05) is 0 Å². The maximum Gasteiger partial charge on any atom is 0.251 e. The van der Waals surface area contributed by atoms with Gasteiger partial charge < -0.3 is 4.98 Å². The second kappa shape index (κ2) is 5.01. The molecule has 0 aliphatic rings. The van der Waals surface area contributed by atoms with E-state index < -0.39 is 0 Å². The molecule has 0 saturated carbocycles. The number of pyridine rings is 1. The van der Waals surface area contributed by atoms with Crippen LogP contribution in [0.1, 0.15) is 0 Å². The van der Waals surface area contributed by atoms with Gasteiger partial charge in [0.15, 0.2) is 0 Å². The van der Waals surface area contributed by atoms with Gasteiger partial charge in [0.1, 0.15) is 5.82 Å². The summed E-state index contributed by atoms with van der Waals surface area (Å²) in [7, 11) is 1.82. The summed E-state index contributed by atoms with van der Waals surface area (Å²) in [6, 6.07) is 3.30. The van der Waals surface area contributed by atoms with Crippen LogP contribution >= 0.6 is 15.9 Å². The molecule has 3 aromatic heterocycles. The highest BCUT2D eigenvalue weighted by atomic mass is 79.9. The number of rotatable bonds is 2. The first-order valence-electron chi connectivity index (χ1n) is 5.83. The fourth-order valence-electron chi connectivity index (χ4n) is 1.84. The molecule has 7 heteroatoms. The van der Waals surface area contributed by atoms with E-state index in [0.717, 1.165) is 15.6 Å². The Morgan fingerprint density at radius 1 is 1.20 bits per heavy atom. The number of nitrogens with zero attached hydrogens (tertiary/aromatic N) is 4. The Kier molecular flexibility index (Phi) is 3.19. The van der Waals surface area contributed by atoms with Crippen LogP contribution < -0.4 is 5.56 Å². The van der Waals surface area contributed by atoms with E-state index in [9.17, 15) is 4.79 Å². The summed E-state index contributed by atoms with van der Waals surface area (Å²) in [6.45, 7) is 0. The summed E-state index contributed by atoms with van der Waals surface area (Å²) in [5.74, 6) is 0.477. The third-order valence-corrected chi connectivity index (χ3v) is 3.15. The summed E-state index contributed by atoms with van der Waals surface area (Å²) < 4.78 is 2.49. The molecule has 0 atom stereocenters. The zero-order valence-electron chi connectivity index (χ0n) is 10.5. The maximum absolute atomic E-state index is 11.8. The molecule has 0 fully saturated rings. The summed E-state index contributed by atoms with van der Waals surface area (Å²) >= 11 is 3.35. The van der Waals surface area contributed by atoms with Gasteiger partial charge in [0, 0.05) is 47.3 Å². The van der Waals surface area contributed by atoms with Gasteiger partial charge in [-0.25, -0.2) is 4.98 Å². The highest BCUT2D eigenvalue weighted by Crippen LogP contribution is 2.20. The molecule has 0 aromatic carbocycles. The number of aromatic amines is 1. The number of nitrogens with one attached hydrogen (secondary N) is 1. The van der Waals surface area contributed by atoms with Gasteiger partial charge in [-0.2, -0.15) is 5.10 Å². The van der Waals surface area contributed by atoms with Gasteiger partial charge in [0.05, 0.1) is 11.9 Å². The molecule has 3 rings (SSSR count). The molecule has 0 amide bonds. The van der Waals surface area contributed by atoms with E-state index in [1.807, 2.05) is 19.3 Å². The summed E-state index contributed by atoms with van der Waals surface area (Å²) in [6.07, 6.45) is 6.80. The van der Waals surface area contributed by atoms with Gasteiger partial charge >= 0.3 is 0 Å². The second-order valence-electron chi connectivity index (χ2n) is 4.27. The zero-order chi connectivity index (χ0) is 14.1. The van der Waals surface area contributed by atoms with E-state index >= 15 is 0 Å². The van der Waals surface area contributed by atoms with Crippen molar-refractivity contribution in [3.05, 3.63) is 51.7 Å². The lowest BCUT2D eigenvalue weighted by Crippen LogP contribution is -2.08. The molecule has 3 heterocycles. The van der Waals surface area contributed by atoms with Gasteiger partial charge in [-0.15, -0.1) is 0 Å². The average Bonchev–Trinajstić information content (AvgIpc) is 2.85. The van der Waals surface area contributed by atoms with Crippen molar-refractivity contribution in [1.29, 1.82) is 0 Å². The predicted molar refractivity (Wildman–Crippen MR) is 78.0 cm³/mol. The van der Waals surface area contributed by atoms with Crippen LogP contribution in [-0.2, 0) is 7.05 Å². The first kappa shape index (κ1) is 12.7. The van der Waals surface area contributed by atoms with E-state index in [4.69, 9.17) is 0 Å². The molecule has 100 valence electrons. The lowest BCUT2D eigenvalue weighted by Gasteiger charge is -2.03. The second-order valence-corrected chi connectivity index (χ2v) is 5.19. The Morgan fingerprint density at radius 2 is 2.05 bits per heavy atom. The van der Waals surface area contributed by atoms with Gasteiger partial charge in [-0.05, 0) is 22.0 Å². The smallest absolute Gasteiger partial charge is 0.251 e. The van der Waals surface area contributed by atoms with Gasteiger partial charge in [-0.3, -0.25) is 14.5 Å². The number of halogens is 1. The number of H-pyrrole nitrogens is 1. The van der Waals surface area contributed by atoms with Gasteiger partial charge in [0.2, 0.25) is 0 Å². The van der Waals surface area contributed by atoms with Crippen LogP contribution in [0.4, 0.5) is 0 Å². The Morgan fingerprint density at radius 3 is 2.75 bits per heavy atom. The van der Waals surface area contributed by atoms with Crippen LogP contribution in [0.25, 0.3) is 22.6 Å². The zero-order valence-corrected chi connectivity index (χ0v) is 12.1. The third kappa shape index (κ3) is 2.53. The van der Waals surface area contributed by atoms with Gasteiger partial charge in [-0.1, -0.05) is 0 Å². The molecule has 0 spiro atoms. The predicted octanol–water partition coefficient (Wildman–Crippen LogP) is 1.99. The third-order valence-electron chi connectivity index (χ3n) is 2.72. The lowest BCUT2D eigenvalue weighted by molar-refractivity contribution is 0.768. The van der Waals surface area contributed by atoms with Crippen molar-refractivity contribution < 1.29 is 0 Å².